The molecule has 9 nitrogen and oxygen atoms in total. The van der Waals surface area contributed by atoms with Crippen molar-refractivity contribution >= 4 is 46.4 Å². The lowest BCUT2D eigenvalue weighted by molar-refractivity contribution is -0.143. The quantitative estimate of drug-likeness (QED) is 0.305. The molecule has 2 aliphatic carbocycles. The molecule has 2 amide bonds. The summed E-state index contributed by atoms with van der Waals surface area (Å²) in [5.74, 6) is 0.394. The van der Waals surface area contributed by atoms with Crippen LogP contribution in [0.4, 0.5) is 16.3 Å². The minimum Gasteiger partial charge on any atom is -0.395 e. The zero-order chi connectivity index (χ0) is 22.0. The molecule has 0 radical (unpaired) electrons. The van der Waals surface area contributed by atoms with Crippen molar-refractivity contribution in [1.82, 2.24) is 14.5 Å². The number of aromatic nitrogens is 2. The maximum Gasteiger partial charge on any atom is 0.432 e. The minimum atomic E-state index is -0.955. The molecule has 164 valence electrons. The van der Waals surface area contributed by atoms with E-state index in [0.717, 1.165) is 12.8 Å². The molecular weight excluding hydrogens is 422 g/mol. The molecule has 2 saturated carbocycles. The highest BCUT2D eigenvalue weighted by atomic mass is 35.5. The summed E-state index contributed by atoms with van der Waals surface area (Å²) in [6.45, 7) is 1.03. The van der Waals surface area contributed by atoms with E-state index in [-0.39, 0.29) is 45.5 Å². The van der Waals surface area contributed by atoms with Crippen molar-refractivity contribution in [2.45, 2.75) is 44.9 Å². The number of urea groups is 1. The first-order valence-corrected chi connectivity index (χ1v) is 11.1. The molecule has 2 N–H and O–H groups in total. The van der Waals surface area contributed by atoms with Crippen LogP contribution in [0.2, 0.25) is 5.15 Å². The molecular formula is C21H25ClN5O4+. The first kappa shape index (κ1) is 20.5. The van der Waals surface area contributed by atoms with Crippen LogP contribution in [-0.2, 0) is 14.3 Å². The van der Waals surface area contributed by atoms with Crippen LogP contribution in [0.5, 0.6) is 0 Å². The molecule has 2 spiro atoms. The SMILES string of the molecule is CN1C(=O)[N+]2(CCOC2)c2nc(/C(N)=C3\CCC[C@@]4(CCCCC4=O)C3=O)nc(Cl)c21. The van der Waals surface area contributed by atoms with Crippen molar-refractivity contribution in [2.75, 3.05) is 31.8 Å². The van der Waals surface area contributed by atoms with E-state index < -0.39 is 5.41 Å². The molecule has 10 heteroatoms. The van der Waals surface area contributed by atoms with Gasteiger partial charge in [0.25, 0.3) is 5.82 Å². The van der Waals surface area contributed by atoms with E-state index in [1.165, 1.54) is 4.90 Å². The van der Waals surface area contributed by atoms with E-state index in [1.807, 2.05) is 0 Å². The number of halogens is 1. The van der Waals surface area contributed by atoms with Crippen molar-refractivity contribution in [2.24, 2.45) is 11.1 Å². The molecule has 1 aromatic heterocycles. The molecule has 0 aromatic carbocycles. The second-order valence-electron chi connectivity index (χ2n) is 8.87. The lowest BCUT2D eigenvalue weighted by Gasteiger charge is -2.38. The van der Waals surface area contributed by atoms with Gasteiger partial charge in [-0.1, -0.05) is 18.0 Å². The fourth-order valence-electron chi connectivity index (χ4n) is 5.49. The third-order valence-electron chi connectivity index (χ3n) is 7.24. The second kappa shape index (κ2) is 7.08. The van der Waals surface area contributed by atoms with E-state index in [9.17, 15) is 14.4 Å². The molecule has 5 rings (SSSR count). The number of hydrogen-bond donors (Lipinski definition) is 1. The number of anilines is 1. The molecule has 1 unspecified atom stereocenters. The van der Waals surface area contributed by atoms with Gasteiger partial charge >= 0.3 is 6.03 Å². The number of nitrogens with zero attached hydrogens (tertiary/aromatic N) is 4. The van der Waals surface area contributed by atoms with Crippen molar-refractivity contribution in [3.8, 4) is 0 Å². The van der Waals surface area contributed by atoms with E-state index in [4.69, 9.17) is 22.1 Å². The summed E-state index contributed by atoms with van der Waals surface area (Å²) in [4.78, 5) is 49.6. The zero-order valence-corrected chi connectivity index (χ0v) is 18.2. The number of allylic oxidation sites excluding steroid dienone is 1. The highest BCUT2D eigenvalue weighted by Gasteiger charge is 2.56. The third kappa shape index (κ3) is 2.73. The Morgan fingerprint density at radius 2 is 1.94 bits per heavy atom. The number of ketones is 2. The van der Waals surface area contributed by atoms with Crippen LogP contribution in [0.15, 0.2) is 5.57 Å². The van der Waals surface area contributed by atoms with Gasteiger partial charge < -0.3 is 10.5 Å². The number of Topliss-reactive ketones (excluding diaryl/α,β-unsaturated/α-hetero) is 2. The molecule has 31 heavy (non-hydrogen) atoms. The summed E-state index contributed by atoms with van der Waals surface area (Å²) in [5, 5.41) is 0.105. The predicted molar refractivity (Wildman–Crippen MR) is 114 cm³/mol. The number of ether oxygens (including phenoxy) is 1. The van der Waals surface area contributed by atoms with Gasteiger partial charge in [0.1, 0.15) is 18.9 Å². The van der Waals surface area contributed by atoms with Crippen LogP contribution in [0.1, 0.15) is 50.8 Å². The van der Waals surface area contributed by atoms with Gasteiger partial charge in [0.15, 0.2) is 29.2 Å². The van der Waals surface area contributed by atoms with Crippen LogP contribution >= 0.6 is 11.6 Å². The Labute approximate surface area is 184 Å². The lowest BCUT2D eigenvalue weighted by atomic mass is 9.62. The second-order valence-corrected chi connectivity index (χ2v) is 9.23. The van der Waals surface area contributed by atoms with Crippen LogP contribution < -0.4 is 15.1 Å². The summed E-state index contributed by atoms with van der Waals surface area (Å²) < 4.78 is 5.41. The van der Waals surface area contributed by atoms with Gasteiger partial charge in [-0.25, -0.2) is 9.78 Å². The lowest BCUT2D eigenvalue weighted by Crippen LogP contribution is -2.53. The monoisotopic (exact) mass is 446 g/mol. The van der Waals surface area contributed by atoms with E-state index in [1.54, 1.807) is 7.05 Å². The summed E-state index contributed by atoms with van der Waals surface area (Å²) in [6, 6.07) is -0.187. The maximum atomic E-state index is 13.5. The van der Waals surface area contributed by atoms with Gasteiger partial charge in [0.05, 0.1) is 11.1 Å². The standard InChI is InChI=1S/C21H24ClN5O4/c1-26-15-17(22)24-18(25-19(15)27(20(26)30)9-10-31-11-27)14(23)12-5-4-8-21(16(12)29)7-3-2-6-13(21)28/h2-11H2,1H3,(H-,23,29)/p+1/t21-,27?/m1/s1. The number of nitrogens with two attached hydrogens (primary N) is 1. The normalized spacial score (nSPS) is 32.3. The molecule has 2 aliphatic heterocycles. The van der Waals surface area contributed by atoms with Crippen molar-refractivity contribution in [3.63, 3.8) is 0 Å². The first-order valence-electron chi connectivity index (χ1n) is 10.7. The Morgan fingerprint density at radius 1 is 1.16 bits per heavy atom. The summed E-state index contributed by atoms with van der Waals surface area (Å²) in [6.07, 6.45) is 4.46. The number of amides is 2. The van der Waals surface area contributed by atoms with Crippen molar-refractivity contribution in [1.29, 1.82) is 0 Å². The largest absolute Gasteiger partial charge is 0.432 e. The molecule has 3 heterocycles. The Bertz CT molecular complexity index is 1040. The van der Waals surface area contributed by atoms with Crippen molar-refractivity contribution < 1.29 is 19.1 Å². The van der Waals surface area contributed by atoms with Crippen LogP contribution in [-0.4, -0.2) is 54.5 Å². The summed E-state index contributed by atoms with van der Waals surface area (Å²) in [7, 11) is 1.63. The van der Waals surface area contributed by atoms with Gasteiger partial charge in [-0.2, -0.15) is 9.47 Å². The number of rotatable bonds is 1. The zero-order valence-electron chi connectivity index (χ0n) is 17.4. The fraction of sp³-hybridized carbons (Fsp3) is 0.571. The topological polar surface area (TPSA) is 115 Å². The Balaban J connectivity index is 1.61. The smallest absolute Gasteiger partial charge is 0.395 e. The van der Waals surface area contributed by atoms with Gasteiger partial charge in [0, 0.05) is 19.0 Å². The third-order valence-corrected chi connectivity index (χ3v) is 7.51. The number of hydrogen-bond acceptors (Lipinski definition) is 7. The Kier molecular flexibility index (Phi) is 4.69. The predicted octanol–water partition coefficient (Wildman–Crippen LogP) is 2.55. The minimum absolute atomic E-state index is 0.0209. The Hall–Kier alpha value is -2.36. The number of quaternary nitrogens is 1. The maximum absolute atomic E-state index is 13.5. The first-order chi connectivity index (χ1) is 14.8. The van der Waals surface area contributed by atoms with Gasteiger partial charge in [-0.15, -0.1) is 0 Å². The van der Waals surface area contributed by atoms with E-state index in [0.29, 0.717) is 62.3 Å². The highest BCUT2D eigenvalue weighted by molar-refractivity contribution is 6.34. The van der Waals surface area contributed by atoms with Gasteiger partial charge in [-0.3, -0.25) is 14.5 Å². The number of carbonyl (C=O) groups excluding carboxylic acids is 3. The van der Waals surface area contributed by atoms with Crippen LogP contribution in [0.25, 0.3) is 5.70 Å². The molecule has 1 saturated heterocycles. The summed E-state index contributed by atoms with van der Waals surface area (Å²) >= 11 is 6.47. The molecule has 1 aromatic rings. The summed E-state index contributed by atoms with van der Waals surface area (Å²) in [5.41, 5.74) is 6.47. The van der Waals surface area contributed by atoms with E-state index >= 15 is 0 Å². The Morgan fingerprint density at radius 3 is 2.65 bits per heavy atom. The average Bonchev–Trinajstić information content (AvgIpc) is 3.33. The average molecular weight is 447 g/mol. The number of fused-ring (bicyclic) bond motifs is 2. The van der Waals surface area contributed by atoms with E-state index in [2.05, 4.69) is 9.97 Å². The molecule has 0 bridgehead atoms. The molecule has 4 aliphatic rings. The van der Waals surface area contributed by atoms with Gasteiger partial charge in [0.2, 0.25) is 0 Å². The number of carbonyl (C=O) groups is 3. The fourth-order valence-corrected chi connectivity index (χ4v) is 5.78. The molecule has 3 fully saturated rings. The van der Waals surface area contributed by atoms with Crippen molar-refractivity contribution in [3.05, 3.63) is 16.6 Å². The molecule has 2 atom stereocenters. The van der Waals surface area contributed by atoms with Crippen LogP contribution in [0, 0.1) is 5.41 Å². The van der Waals surface area contributed by atoms with Crippen LogP contribution in [0.3, 0.4) is 0 Å². The highest BCUT2D eigenvalue weighted by Crippen LogP contribution is 2.47. The van der Waals surface area contributed by atoms with Gasteiger partial charge in [-0.05, 0) is 32.1 Å².